The van der Waals surface area contributed by atoms with Crippen molar-refractivity contribution in [2.75, 3.05) is 6.61 Å². The van der Waals surface area contributed by atoms with Crippen LogP contribution in [0.15, 0.2) is 24.3 Å². The Balaban J connectivity index is 2.08. The summed E-state index contributed by atoms with van der Waals surface area (Å²) in [6.07, 6.45) is 6.31. The van der Waals surface area contributed by atoms with E-state index in [4.69, 9.17) is 4.74 Å². The molecule has 0 atom stereocenters. The van der Waals surface area contributed by atoms with Crippen LogP contribution in [0.2, 0.25) is 0 Å². The molecule has 0 spiro atoms. The average molecular weight is 244 g/mol. The molecule has 0 aliphatic heterocycles. The van der Waals surface area contributed by atoms with E-state index < -0.39 is 11.6 Å². The predicted molar refractivity (Wildman–Crippen MR) is 69.8 cm³/mol. The van der Waals surface area contributed by atoms with Crippen molar-refractivity contribution in [2.45, 2.75) is 26.2 Å². The van der Waals surface area contributed by atoms with Gasteiger partial charge in [0, 0.05) is 5.56 Å². The van der Waals surface area contributed by atoms with Crippen LogP contribution < -0.4 is 4.74 Å². The third kappa shape index (κ3) is 2.67. The van der Waals surface area contributed by atoms with Gasteiger partial charge in [-0.1, -0.05) is 25.8 Å². The molecule has 1 aliphatic carbocycles. The molecule has 1 aromatic rings. The van der Waals surface area contributed by atoms with E-state index in [-0.39, 0.29) is 0 Å². The van der Waals surface area contributed by atoms with Crippen molar-refractivity contribution in [3.8, 4) is 5.75 Å². The van der Waals surface area contributed by atoms with E-state index in [1.165, 1.54) is 6.08 Å². The molecule has 0 saturated heterocycles. The van der Waals surface area contributed by atoms with Crippen LogP contribution in [0.4, 0.5) is 0 Å². The van der Waals surface area contributed by atoms with Crippen molar-refractivity contribution < 1.29 is 14.3 Å². The lowest BCUT2D eigenvalue weighted by Crippen LogP contribution is -2.16. The second-order valence-corrected chi connectivity index (χ2v) is 4.33. The molecule has 0 amide bonds. The summed E-state index contributed by atoms with van der Waals surface area (Å²) >= 11 is 0. The van der Waals surface area contributed by atoms with Crippen LogP contribution in [0.1, 0.15) is 42.1 Å². The molecule has 0 saturated carbocycles. The fourth-order valence-corrected chi connectivity index (χ4v) is 1.89. The molecule has 2 rings (SSSR count). The van der Waals surface area contributed by atoms with E-state index in [1.54, 1.807) is 18.2 Å². The minimum Gasteiger partial charge on any atom is -0.494 e. The summed E-state index contributed by atoms with van der Waals surface area (Å²) < 4.78 is 5.61. The highest BCUT2D eigenvalue weighted by atomic mass is 16.5. The Morgan fingerprint density at radius 1 is 1.11 bits per heavy atom. The zero-order chi connectivity index (χ0) is 13.0. The largest absolute Gasteiger partial charge is 0.494 e. The SMILES string of the molecule is CCCCCOc1ccc2c(c1)C=CC(=O)C2=O. The number of Topliss-reactive ketones (excluding diaryl/α,β-unsaturated/α-hetero) is 1. The fraction of sp³-hybridized carbons (Fsp3) is 0.333. The molecule has 3 nitrogen and oxygen atoms in total. The molecule has 0 heterocycles. The maximum Gasteiger partial charge on any atom is 0.233 e. The van der Waals surface area contributed by atoms with E-state index >= 15 is 0 Å². The first-order valence-electron chi connectivity index (χ1n) is 6.26. The zero-order valence-electron chi connectivity index (χ0n) is 10.4. The van der Waals surface area contributed by atoms with Crippen LogP contribution in [0.3, 0.4) is 0 Å². The maximum atomic E-state index is 11.6. The summed E-state index contributed by atoms with van der Waals surface area (Å²) in [5, 5.41) is 0. The van der Waals surface area contributed by atoms with Gasteiger partial charge in [0.05, 0.1) is 6.61 Å². The minimum atomic E-state index is -0.459. The Bertz CT molecular complexity index is 500. The van der Waals surface area contributed by atoms with Gasteiger partial charge in [0.15, 0.2) is 0 Å². The normalized spacial score (nSPS) is 13.6. The number of benzene rings is 1. The standard InChI is InChI=1S/C15H16O3/c1-2-3-4-9-18-12-6-7-13-11(10-12)5-8-14(16)15(13)17/h5-8,10H,2-4,9H2,1H3. The van der Waals surface area contributed by atoms with E-state index in [0.717, 1.165) is 30.6 Å². The first-order valence-corrected chi connectivity index (χ1v) is 6.26. The number of fused-ring (bicyclic) bond motifs is 1. The highest BCUT2D eigenvalue weighted by molar-refractivity contribution is 6.49. The number of carbonyl (C=O) groups is 2. The summed E-state index contributed by atoms with van der Waals surface area (Å²) in [6.45, 7) is 2.83. The van der Waals surface area contributed by atoms with Gasteiger partial charge in [0.25, 0.3) is 0 Å². The summed E-state index contributed by atoms with van der Waals surface area (Å²) in [4.78, 5) is 22.8. The van der Waals surface area contributed by atoms with Gasteiger partial charge in [0.1, 0.15) is 5.75 Å². The summed E-state index contributed by atoms with van der Waals surface area (Å²) in [5.41, 5.74) is 1.22. The number of ketones is 2. The first kappa shape index (κ1) is 12.6. The van der Waals surface area contributed by atoms with Crippen molar-refractivity contribution in [2.24, 2.45) is 0 Å². The van der Waals surface area contributed by atoms with Gasteiger partial charge in [-0.3, -0.25) is 9.59 Å². The van der Waals surface area contributed by atoms with Crippen LogP contribution >= 0.6 is 0 Å². The molecule has 0 bridgehead atoms. The molecule has 3 heteroatoms. The Labute approximate surface area is 106 Å². The van der Waals surface area contributed by atoms with Gasteiger partial charge < -0.3 is 4.74 Å². The topological polar surface area (TPSA) is 43.4 Å². The lowest BCUT2D eigenvalue weighted by Gasteiger charge is -2.11. The van der Waals surface area contributed by atoms with Crippen molar-refractivity contribution in [1.82, 2.24) is 0 Å². The van der Waals surface area contributed by atoms with Gasteiger partial charge >= 0.3 is 0 Å². The Hall–Kier alpha value is -1.90. The lowest BCUT2D eigenvalue weighted by atomic mass is 9.95. The van der Waals surface area contributed by atoms with Gasteiger partial charge in [-0.2, -0.15) is 0 Å². The van der Waals surface area contributed by atoms with Crippen molar-refractivity contribution in [1.29, 1.82) is 0 Å². The number of carbonyl (C=O) groups excluding carboxylic acids is 2. The van der Waals surface area contributed by atoms with E-state index in [0.29, 0.717) is 12.2 Å². The molecule has 94 valence electrons. The first-order chi connectivity index (χ1) is 8.72. The summed E-state index contributed by atoms with van der Waals surface area (Å²) in [6, 6.07) is 5.21. The number of hydrogen-bond donors (Lipinski definition) is 0. The quantitative estimate of drug-likeness (QED) is 0.590. The van der Waals surface area contributed by atoms with E-state index in [1.807, 2.05) is 6.07 Å². The number of unbranched alkanes of at least 4 members (excludes halogenated alkanes) is 2. The molecular weight excluding hydrogens is 228 g/mol. The molecule has 1 aliphatic rings. The minimum absolute atomic E-state index is 0.440. The number of hydrogen-bond acceptors (Lipinski definition) is 3. The predicted octanol–water partition coefficient (Wildman–Crippen LogP) is 3.03. The van der Waals surface area contributed by atoms with Crippen LogP contribution in [0, 0.1) is 0 Å². The molecule has 0 unspecified atom stereocenters. The van der Waals surface area contributed by atoms with Gasteiger partial charge in [-0.05, 0) is 36.3 Å². The third-order valence-electron chi connectivity index (χ3n) is 2.92. The Kier molecular flexibility index (Phi) is 3.92. The number of allylic oxidation sites excluding steroid dienone is 1. The Morgan fingerprint density at radius 2 is 1.94 bits per heavy atom. The van der Waals surface area contributed by atoms with Gasteiger partial charge in [-0.25, -0.2) is 0 Å². The maximum absolute atomic E-state index is 11.6. The second-order valence-electron chi connectivity index (χ2n) is 4.33. The average Bonchev–Trinajstić information content (AvgIpc) is 2.39. The number of ether oxygens (including phenoxy) is 1. The van der Waals surface area contributed by atoms with Crippen molar-refractivity contribution >= 4 is 17.6 Å². The zero-order valence-corrected chi connectivity index (χ0v) is 10.4. The second kappa shape index (κ2) is 5.63. The molecule has 18 heavy (non-hydrogen) atoms. The van der Waals surface area contributed by atoms with Crippen molar-refractivity contribution in [3.05, 3.63) is 35.4 Å². The van der Waals surface area contributed by atoms with Crippen LogP contribution in [-0.2, 0) is 4.79 Å². The van der Waals surface area contributed by atoms with Crippen LogP contribution in [-0.4, -0.2) is 18.2 Å². The molecule has 0 N–H and O–H groups in total. The fourth-order valence-electron chi connectivity index (χ4n) is 1.89. The van der Waals surface area contributed by atoms with Gasteiger partial charge in [-0.15, -0.1) is 0 Å². The summed E-state index contributed by atoms with van der Waals surface area (Å²) in [5.74, 6) is -0.152. The molecule has 0 radical (unpaired) electrons. The van der Waals surface area contributed by atoms with Crippen molar-refractivity contribution in [3.63, 3.8) is 0 Å². The van der Waals surface area contributed by atoms with Crippen LogP contribution in [0.25, 0.3) is 6.08 Å². The Morgan fingerprint density at radius 3 is 2.72 bits per heavy atom. The summed E-state index contributed by atoms with van der Waals surface area (Å²) in [7, 11) is 0. The number of rotatable bonds is 5. The van der Waals surface area contributed by atoms with E-state index in [2.05, 4.69) is 6.92 Å². The third-order valence-corrected chi connectivity index (χ3v) is 2.92. The molecule has 0 fully saturated rings. The highest BCUT2D eigenvalue weighted by Crippen LogP contribution is 2.23. The van der Waals surface area contributed by atoms with Gasteiger partial charge in [0.2, 0.25) is 11.6 Å². The molecule has 1 aromatic carbocycles. The highest BCUT2D eigenvalue weighted by Gasteiger charge is 2.20. The van der Waals surface area contributed by atoms with E-state index in [9.17, 15) is 9.59 Å². The molecule has 0 aromatic heterocycles. The monoisotopic (exact) mass is 244 g/mol. The smallest absolute Gasteiger partial charge is 0.233 e. The lowest BCUT2D eigenvalue weighted by molar-refractivity contribution is -0.110. The van der Waals surface area contributed by atoms with Crippen LogP contribution in [0.5, 0.6) is 5.75 Å². The molecular formula is C15H16O3.